The van der Waals surface area contributed by atoms with Crippen molar-refractivity contribution in [1.82, 2.24) is 4.98 Å². The van der Waals surface area contributed by atoms with Crippen molar-refractivity contribution in [3.8, 4) is 0 Å². The Kier molecular flexibility index (Phi) is 3.07. The maximum absolute atomic E-state index is 12.7. The van der Waals surface area contributed by atoms with E-state index in [-0.39, 0.29) is 6.61 Å². The average Bonchev–Trinajstić information content (AvgIpc) is 2.24. The Balaban J connectivity index is 2.39. The van der Waals surface area contributed by atoms with E-state index in [0.717, 1.165) is 29.1 Å². The number of rotatable bonds is 3. The van der Waals surface area contributed by atoms with E-state index < -0.39 is 6.11 Å². The summed E-state index contributed by atoms with van der Waals surface area (Å²) in [5.41, 5.74) is 2.32. The number of aryl methyl sites for hydroxylation is 1. The molecule has 17 heavy (non-hydrogen) atoms. The van der Waals surface area contributed by atoms with Crippen molar-refractivity contribution >= 4 is 10.9 Å². The zero-order valence-electron chi connectivity index (χ0n) is 9.71. The number of pyridine rings is 1. The lowest BCUT2D eigenvalue weighted by Gasteiger charge is -2.13. The molecule has 0 aliphatic carbocycles. The van der Waals surface area contributed by atoms with E-state index in [2.05, 4.69) is 9.72 Å². The van der Waals surface area contributed by atoms with Gasteiger partial charge in [-0.15, -0.1) is 0 Å². The second-order valence-electron chi connectivity index (χ2n) is 4.04. The molecule has 0 amide bonds. The van der Waals surface area contributed by atoms with E-state index in [1.165, 1.54) is 0 Å². The molecule has 0 aliphatic rings. The standard InChI is InChI=1S/C13H13F2NO/c1-9-7-10(8-17-13(2,14)15)11-5-3-4-6-12(11)16-9/h3-7H,8H2,1-2H3. The number of hydrogen-bond acceptors (Lipinski definition) is 2. The minimum atomic E-state index is -3.11. The van der Waals surface area contributed by atoms with Gasteiger partial charge in [0.2, 0.25) is 0 Å². The molecule has 0 atom stereocenters. The monoisotopic (exact) mass is 237 g/mol. The lowest BCUT2D eigenvalue weighted by molar-refractivity contribution is -0.231. The molecule has 2 rings (SSSR count). The molecular weight excluding hydrogens is 224 g/mol. The lowest BCUT2D eigenvalue weighted by atomic mass is 10.1. The van der Waals surface area contributed by atoms with E-state index in [0.29, 0.717) is 0 Å². The molecule has 90 valence electrons. The van der Waals surface area contributed by atoms with E-state index in [1.807, 2.05) is 31.2 Å². The second-order valence-corrected chi connectivity index (χ2v) is 4.04. The number of halogens is 2. The number of nitrogens with zero attached hydrogens (tertiary/aromatic N) is 1. The molecule has 0 aliphatic heterocycles. The van der Waals surface area contributed by atoms with Gasteiger partial charge in [0.15, 0.2) is 0 Å². The van der Waals surface area contributed by atoms with Gasteiger partial charge in [0, 0.05) is 18.0 Å². The summed E-state index contributed by atoms with van der Waals surface area (Å²) < 4.78 is 29.9. The molecule has 0 radical (unpaired) electrons. The van der Waals surface area contributed by atoms with Crippen molar-refractivity contribution in [2.75, 3.05) is 0 Å². The fourth-order valence-corrected chi connectivity index (χ4v) is 1.72. The van der Waals surface area contributed by atoms with Crippen LogP contribution in [0.5, 0.6) is 0 Å². The van der Waals surface area contributed by atoms with Crippen molar-refractivity contribution in [3.63, 3.8) is 0 Å². The number of ether oxygens (including phenoxy) is 1. The van der Waals surface area contributed by atoms with Crippen molar-refractivity contribution in [2.24, 2.45) is 0 Å². The summed E-state index contributed by atoms with van der Waals surface area (Å²) >= 11 is 0. The molecule has 0 unspecified atom stereocenters. The summed E-state index contributed by atoms with van der Waals surface area (Å²) in [6, 6.07) is 9.21. The fourth-order valence-electron chi connectivity index (χ4n) is 1.72. The Bertz CT molecular complexity index is 534. The first-order valence-corrected chi connectivity index (χ1v) is 5.33. The molecule has 0 N–H and O–H groups in total. The van der Waals surface area contributed by atoms with E-state index in [1.54, 1.807) is 6.07 Å². The molecule has 2 nitrogen and oxygen atoms in total. The van der Waals surface area contributed by atoms with Gasteiger partial charge in [-0.2, -0.15) is 8.78 Å². The molecule has 0 saturated heterocycles. The maximum atomic E-state index is 12.7. The van der Waals surface area contributed by atoms with Gasteiger partial charge in [-0.1, -0.05) is 18.2 Å². The van der Waals surface area contributed by atoms with Gasteiger partial charge < -0.3 is 4.74 Å². The van der Waals surface area contributed by atoms with Crippen LogP contribution < -0.4 is 0 Å². The van der Waals surface area contributed by atoms with Crippen LogP contribution in [0.4, 0.5) is 8.78 Å². The van der Waals surface area contributed by atoms with Gasteiger partial charge in [-0.05, 0) is 24.6 Å². The van der Waals surface area contributed by atoms with Gasteiger partial charge in [0.1, 0.15) is 0 Å². The van der Waals surface area contributed by atoms with Crippen LogP contribution in [-0.4, -0.2) is 11.1 Å². The minimum absolute atomic E-state index is 0.118. The van der Waals surface area contributed by atoms with Gasteiger partial charge in [-0.3, -0.25) is 4.98 Å². The molecule has 4 heteroatoms. The zero-order valence-corrected chi connectivity index (χ0v) is 9.71. The van der Waals surface area contributed by atoms with E-state index in [4.69, 9.17) is 0 Å². The first-order chi connectivity index (χ1) is 7.96. The number of benzene rings is 1. The van der Waals surface area contributed by atoms with Gasteiger partial charge >= 0.3 is 6.11 Å². The molecule has 0 spiro atoms. The third-order valence-corrected chi connectivity index (χ3v) is 2.41. The van der Waals surface area contributed by atoms with Crippen LogP contribution >= 0.6 is 0 Å². The van der Waals surface area contributed by atoms with Crippen LogP contribution in [0.25, 0.3) is 10.9 Å². The number of para-hydroxylation sites is 1. The summed E-state index contributed by atoms with van der Waals surface area (Å²) in [7, 11) is 0. The minimum Gasteiger partial charge on any atom is -0.316 e. The summed E-state index contributed by atoms with van der Waals surface area (Å²) in [6.45, 7) is 2.45. The van der Waals surface area contributed by atoms with E-state index in [9.17, 15) is 8.78 Å². The van der Waals surface area contributed by atoms with Crippen molar-refractivity contribution < 1.29 is 13.5 Å². The number of alkyl halides is 2. The Morgan fingerprint density at radius 3 is 2.71 bits per heavy atom. The maximum Gasteiger partial charge on any atom is 0.353 e. The number of hydrogen-bond donors (Lipinski definition) is 0. The summed E-state index contributed by atoms with van der Waals surface area (Å²) in [4.78, 5) is 4.34. The molecule has 0 saturated carbocycles. The molecule has 0 bridgehead atoms. The predicted molar refractivity (Wildman–Crippen MR) is 61.9 cm³/mol. The van der Waals surface area contributed by atoms with Gasteiger partial charge in [0.25, 0.3) is 0 Å². The highest BCUT2D eigenvalue weighted by Crippen LogP contribution is 2.22. The van der Waals surface area contributed by atoms with Crippen LogP contribution in [0, 0.1) is 6.92 Å². The average molecular weight is 237 g/mol. The third-order valence-electron chi connectivity index (χ3n) is 2.41. The van der Waals surface area contributed by atoms with Crippen molar-refractivity contribution in [3.05, 3.63) is 41.6 Å². The number of aromatic nitrogens is 1. The third kappa shape index (κ3) is 2.97. The van der Waals surface area contributed by atoms with Gasteiger partial charge in [0.05, 0.1) is 12.1 Å². The molecule has 2 aromatic rings. The highest BCUT2D eigenvalue weighted by molar-refractivity contribution is 5.82. The summed E-state index contributed by atoms with van der Waals surface area (Å²) in [6.07, 6.45) is -3.11. The Labute approximate surface area is 98.2 Å². The highest BCUT2D eigenvalue weighted by Gasteiger charge is 2.21. The Hall–Kier alpha value is -1.55. The lowest BCUT2D eigenvalue weighted by Crippen LogP contribution is -2.15. The van der Waals surface area contributed by atoms with Crippen molar-refractivity contribution in [2.45, 2.75) is 26.6 Å². The summed E-state index contributed by atoms with van der Waals surface area (Å²) in [5, 5.41) is 0.849. The topological polar surface area (TPSA) is 22.1 Å². The smallest absolute Gasteiger partial charge is 0.316 e. The van der Waals surface area contributed by atoms with Crippen LogP contribution in [0.3, 0.4) is 0 Å². The van der Waals surface area contributed by atoms with Crippen LogP contribution in [0.1, 0.15) is 18.2 Å². The number of fused-ring (bicyclic) bond motifs is 1. The zero-order chi connectivity index (χ0) is 12.5. The molecule has 1 aromatic heterocycles. The molecule has 0 fully saturated rings. The quantitative estimate of drug-likeness (QED) is 0.812. The summed E-state index contributed by atoms with van der Waals surface area (Å²) in [5.74, 6) is 0. The highest BCUT2D eigenvalue weighted by atomic mass is 19.3. The Morgan fingerprint density at radius 2 is 2.00 bits per heavy atom. The van der Waals surface area contributed by atoms with E-state index >= 15 is 0 Å². The molecule has 1 heterocycles. The molecule has 1 aromatic carbocycles. The Morgan fingerprint density at radius 1 is 1.29 bits per heavy atom. The van der Waals surface area contributed by atoms with Gasteiger partial charge in [-0.25, -0.2) is 0 Å². The first kappa shape index (κ1) is 11.9. The molecular formula is C13H13F2NO. The van der Waals surface area contributed by atoms with Crippen molar-refractivity contribution in [1.29, 1.82) is 0 Å². The first-order valence-electron chi connectivity index (χ1n) is 5.33. The normalized spacial score (nSPS) is 12.0. The SMILES string of the molecule is Cc1cc(COC(C)(F)F)c2ccccc2n1. The van der Waals surface area contributed by atoms with Crippen LogP contribution in [0.2, 0.25) is 0 Å². The van der Waals surface area contributed by atoms with Crippen LogP contribution in [0.15, 0.2) is 30.3 Å². The van der Waals surface area contributed by atoms with Crippen LogP contribution in [-0.2, 0) is 11.3 Å². The second kappa shape index (κ2) is 4.37. The predicted octanol–water partition coefficient (Wildman–Crippen LogP) is 3.67. The largest absolute Gasteiger partial charge is 0.353 e. The fraction of sp³-hybridized carbons (Fsp3) is 0.308.